The summed E-state index contributed by atoms with van der Waals surface area (Å²) in [6, 6.07) is 19.1. The Bertz CT molecular complexity index is 1110. The van der Waals surface area contributed by atoms with Crippen molar-refractivity contribution in [3.63, 3.8) is 0 Å². The average Bonchev–Trinajstić information content (AvgIpc) is 2.84. The van der Waals surface area contributed by atoms with Gasteiger partial charge in [-0.1, -0.05) is 47.1 Å². The lowest BCUT2D eigenvalue weighted by molar-refractivity contribution is 0.0954. The summed E-state index contributed by atoms with van der Waals surface area (Å²) in [6.07, 6.45) is 0.747. The number of fused-ring (bicyclic) bond motifs is 2. The first-order valence-electron chi connectivity index (χ1n) is 9.19. The summed E-state index contributed by atoms with van der Waals surface area (Å²) in [7, 11) is 0. The average molecular weight is 441 g/mol. The van der Waals surface area contributed by atoms with E-state index in [1.54, 1.807) is 11.8 Å². The summed E-state index contributed by atoms with van der Waals surface area (Å²) in [5.74, 6) is -0.107. The molecule has 3 aromatic carbocycles. The predicted octanol–water partition coefficient (Wildman–Crippen LogP) is 6.57. The summed E-state index contributed by atoms with van der Waals surface area (Å²) in [5, 5.41) is 4.37. The minimum Gasteiger partial charge on any atom is -0.352 e. The van der Waals surface area contributed by atoms with Gasteiger partial charge in [0.25, 0.3) is 5.91 Å². The molecule has 1 aliphatic heterocycles. The maximum absolute atomic E-state index is 12.6. The summed E-state index contributed by atoms with van der Waals surface area (Å²) < 4.78 is 0. The molecule has 3 aromatic rings. The van der Waals surface area contributed by atoms with E-state index in [0.717, 1.165) is 38.7 Å². The van der Waals surface area contributed by atoms with Gasteiger partial charge >= 0.3 is 0 Å². The van der Waals surface area contributed by atoms with Crippen molar-refractivity contribution in [3.8, 4) is 0 Å². The van der Waals surface area contributed by atoms with Gasteiger partial charge in [-0.2, -0.15) is 0 Å². The number of rotatable bonds is 4. The number of hydrogen-bond donors (Lipinski definition) is 1. The maximum Gasteiger partial charge on any atom is 0.251 e. The van der Waals surface area contributed by atoms with Crippen LogP contribution in [0.3, 0.4) is 0 Å². The molecule has 0 bridgehead atoms. The molecule has 0 fully saturated rings. The molecule has 1 N–H and O–H groups in total. The van der Waals surface area contributed by atoms with Gasteiger partial charge in [0.05, 0.1) is 5.69 Å². The molecule has 0 aromatic heterocycles. The smallest absolute Gasteiger partial charge is 0.251 e. The van der Waals surface area contributed by atoms with E-state index < -0.39 is 0 Å². The number of carbonyl (C=O) groups is 1. The quantitative estimate of drug-likeness (QED) is 0.498. The lowest BCUT2D eigenvalue weighted by atomic mass is 10.1. The van der Waals surface area contributed by atoms with Gasteiger partial charge in [-0.25, -0.2) is 0 Å². The van der Waals surface area contributed by atoms with Gasteiger partial charge in [-0.05, 0) is 67.4 Å². The lowest BCUT2D eigenvalue weighted by Crippen LogP contribution is -2.25. The fraction of sp³-hybridized carbons (Fsp3) is 0.130. The predicted molar refractivity (Wildman–Crippen MR) is 121 cm³/mol. The molecular weight excluding hydrogens is 423 g/mol. The summed E-state index contributed by atoms with van der Waals surface area (Å²) in [5.41, 5.74) is 4.43. The third-order valence-electron chi connectivity index (χ3n) is 4.67. The van der Waals surface area contributed by atoms with Crippen molar-refractivity contribution in [1.82, 2.24) is 5.32 Å². The van der Waals surface area contributed by atoms with Gasteiger partial charge in [-0.15, -0.1) is 0 Å². The van der Waals surface area contributed by atoms with Crippen LogP contribution in [-0.2, 0) is 6.42 Å². The van der Waals surface area contributed by atoms with Gasteiger partial charge in [0, 0.05) is 43.2 Å². The van der Waals surface area contributed by atoms with Gasteiger partial charge < -0.3 is 5.32 Å². The Hall–Kier alpha value is -2.27. The van der Waals surface area contributed by atoms with Crippen LogP contribution in [0.1, 0.15) is 28.4 Å². The zero-order valence-electron chi connectivity index (χ0n) is 15.7. The van der Waals surface area contributed by atoms with E-state index in [0.29, 0.717) is 22.2 Å². The SMILES string of the molecule is CC1=Nc2cc(C(=O)NCCc3ccc(Cl)cc3)ccc2Sc2ccc(Cl)cc21. The Morgan fingerprint density at radius 2 is 1.69 bits per heavy atom. The third kappa shape index (κ3) is 4.67. The number of benzene rings is 3. The first kappa shape index (κ1) is 20.0. The van der Waals surface area contributed by atoms with Crippen molar-refractivity contribution in [2.24, 2.45) is 4.99 Å². The van der Waals surface area contributed by atoms with Crippen molar-refractivity contribution in [3.05, 3.63) is 87.4 Å². The van der Waals surface area contributed by atoms with Crippen LogP contribution in [0.5, 0.6) is 0 Å². The van der Waals surface area contributed by atoms with Crippen molar-refractivity contribution in [1.29, 1.82) is 0 Å². The Labute approximate surface area is 184 Å². The molecule has 0 unspecified atom stereocenters. The molecule has 1 aliphatic rings. The fourth-order valence-corrected chi connectivity index (χ4v) is 4.47. The molecule has 29 heavy (non-hydrogen) atoms. The van der Waals surface area contributed by atoms with E-state index in [1.165, 1.54) is 0 Å². The third-order valence-corrected chi connectivity index (χ3v) is 6.30. The van der Waals surface area contributed by atoms with Gasteiger partial charge in [-0.3, -0.25) is 9.79 Å². The molecule has 6 heteroatoms. The van der Waals surface area contributed by atoms with E-state index >= 15 is 0 Å². The van der Waals surface area contributed by atoms with E-state index in [2.05, 4.69) is 5.32 Å². The normalized spacial score (nSPS) is 12.4. The molecule has 0 radical (unpaired) electrons. The monoisotopic (exact) mass is 440 g/mol. The molecule has 0 spiro atoms. The Balaban J connectivity index is 1.49. The van der Waals surface area contributed by atoms with Crippen molar-refractivity contribution in [2.45, 2.75) is 23.1 Å². The first-order chi connectivity index (χ1) is 14.0. The summed E-state index contributed by atoms with van der Waals surface area (Å²) in [4.78, 5) is 19.5. The van der Waals surface area contributed by atoms with Crippen LogP contribution in [0.4, 0.5) is 5.69 Å². The molecule has 4 rings (SSSR count). The molecule has 3 nitrogen and oxygen atoms in total. The van der Waals surface area contributed by atoms with Crippen molar-refractivity contribution in [2.75, 3.05) is 6.54 Å². The van der Waals surface area contributed by atoms with Crippen LogP contribution in [0.25, 0.3) is 0 Å². The molecule has 0 saturated carbocycles. The van der Waals surface area contributed by atoms with Crippen LogP contribution in [0.2, 0.25) is 10.0 Å². The number of carbonyl (C=O) groups excluding carboxylic acids is 1. The zero-order valence-corrected chi connectivity index (χ0v) is 18.0. The molecular formula is C23H18Cl2N2OS. The number of hydrogen-bond acceptors (Lipinski definition) is 3. The zero-order chi connectivity index (χ0) is 20.4. The van der Waals surface area contributed by atoms with Crippen LogP contribution in [0.15, 0.2) is 75.4 Å². The van der Waals surface area contributed by atoms with E-state index in [-0.39, 0.29) is 5.91 Å². The van der Waals surface area contributed by atoms with Crippen LogP contribution < -0.4 is 5.32 Å². The van der Waals surface area contributed by atoms with Crippen LogP contribution in [0, 0.1) is 0 Å². The first-order valence-corrected chi connectivity index (χ1v) is 10.8. The van der Waals surface area contributed by atoms with Crippen molar-refractivity contribution >= 4 is 52.3 Å². The second-order valence-electron chi connectivity index (χ2n) is 6.75. The topological polar surface area (TPSA) is 41.5 Å². The molecule has 1 heterocycles. The van der Waals surface area contributed by atoms with Crippen molar-refractivity contribution < 1.29 is 4.79 Å². The van der Waals surface area contributed by atoms with E-state index in [4.69, 9.17) is 28.2 Å². The number of aliphatic imine (C=N–C) groups is 1. The molecule has 146 valence electrons. The number of amides is 1. The standard InChI is InChI=1S/C23H18Cl2N2OS/c1-14-19-13-18(25)7-9-21(19)29-22-8-4-16(12-20(22)27-14)23(28)26-11-10-15-2-5-17(24)6-3-15/h2-9,12-13H,10-11H2,1H3,(H,26,28). The van der Waals surface area contributed by atoms with E-state index in [9.17, 15) is 4.79 Å². The summed E-state index contributed by atoms with van der Waals surface area (Å²) in [6.45, 7) is 2.52. The minimum atomic E-state index is -0.107. The minimum absolute atomic E-state index is 0.107. The molecule has 0 saturated heterocycles. The number of halogens is 2. The van der Waals surface area contributed by atoms with Gasteiger partial charge in [0.2, 0.25) is 0 Å². The second kappa shape index (κ2) is 8.62. The number of nitrogens with zero attached hydrogens (tertiary/aromatic N) is 1. The Morgan fingerprint density at radius 3 is 2.48 bits per heavy atom. The molecule has 0 atom stereocenters. The molecule has 1 amide bonds. The highest BCUT2D eigenvalue weighted by atomic mass is 35.5. The Kier molecular flexibility index (Phi) is 5.95. The largest absolute Gasteiger partial charge is 0.352 e. The highest BCUT2D eigenvalue weighted by Crippen LogP contribution is 2.41. The van der Waals surface area contributed by atoms with Gasteiger partial charge in [0.1, 0.15) is 0 Å². The molecule has 0 aliphatic carbocycles. The van der Waals surface area contributed by atoms with E-state index in [1.807, 2.05) is 67.6 Å². The summed E-state index contributed by atoms with van der Waals surface area (Å²) >= 11 is 13.7. The Morgan fingerprint density at radius 1 is 0.966 bits per heavy atom. The van der Waals surface area contributed by atoms with Gasteiger partial charge in [0.15, 0.2) is 0 Å². The second-order valence-corrected chi connectivity index (χ2v) is 8.71. The highest BCUT2D eigenvalue weighted by Gasteiger charge is 2.17. The van der Waals surface area contributed by atoms with Crippen LogP contribution >= 0.6 is 35.0 Å². The highest BCUT2D eigenvalue weighted by molar-refractivity contribution is 7.99. The maximum atomic E-state index is 12.6. The number of nitrogens with one attached hydrogen (secondary N) is 1. The van der Waals surface area contributed by atoms with Crippen LogP contribution in [-0.4, -0.2) is 18.2 Å². The lowest BCUT2D eigenvalue weighted by Gasteiger charge is -2.08. The fourth-order valence-electron chi connectivity index (χ4n) is 3.14.